The third kappa shape index (κ3) is 2.38. The molecule has 1 aromatic rings. The maximum absolute atomic E-state index is 12.1. The van der Waals surface area contributed by atoms with Crippen LogP contribution in [-0.4, -0.2) is 47.5 Å². The monoisotopic (exact) mass is 268 g/mol. The van der Waals surface area contributed by atoms with Crippen LogP contribution in [0.25, 0.3) is 0 Å². The predicted octanol–water partition coefficient (Wildman–Crippen LogP) is 1.33. The molecule has 6 heteroatoms. The van der Waals surface area contributed by atoms with Gasteiger partial charge in [0, 0.05) is 14.1 Å². The van der Waals surface area contributed by atoms with E-state index < -0.39 is 0 Å². The van der Waals surface area contributed by atoms with Crippen LogP contribution in [0.5, 0.6) is 0 Å². The summed E-state index contributed by atoms with van der Waals surface area (Å²) < 4.78 is 5.35. The molecule has 0 saturated carbocycles. The molecule has 0 radical (unpaired) electrons. The van der Waals surface area contributed by atoms with Crippen LogP contribution in [0.15, 0.2) is 22.8 Å². The molecule has 0 bridgehead atoms. The molecule has 2 atom stereocenters. The average Bonchev–Trinajstić information content (AvgIpc) is 2.92. The number of hydrogen-bond acceptors (Lipinski definition) is 4. The van der Waals surface area contributed by atoms with Crippen LogP contribution in [0, 0.1) is 0 Å². The Bertz CT molecular complexity index is 444. The van der Waals surface area contributed by atoms with Gasteiger partial charge < -0.3 is 14.2 Å². The molecule has 0 spiro atoms. The van der Waals surface area contributed by atoms with Crippen molar-refractivity contribution in [3.05, 3.63) is 24.2 Å². The standard InChI is InChI=1S/C12H16N2O3S/c1-8-11(16)14(7-10(15)13(2)3)12(18-8)9-5-4-6-17-9/h4-6,8,12H,7H2,1-3H3. The van der Waals surface area contributed by atoms with Gasteiger partial charge in [-0.25, -0.2) is 0 Å². The van der Waals surface area contributed by atoms with Crippen molar-refractivity contribution in [1.82, 2.24) is 9.80 Å². The number of hydrogen-bond donors (Lipinski definition) is 0. The van der Waals surface area contributed by atoms with E-state index in [1.165, 1.54) is 16.7 Å². The summed E-state index contributed by atoms with van der Waals surface area (Å²) in [5.74, 6) is 0.607. The molecule has 5 nitrogen and oxygen atoms in total. The minimum Gasteiger partial charge on any atom is -0.466 e. The molecule has 98 valence electrons. The highest BCUT2D eigenvalue weighted by atomic mass is 32.2. The number of furan rings is 1. The Labute approximate surface area is 110 Å². The maximum Gasteiger partial charge on any atom is 0.241 e. The fourth-order valence-electron chi connectivity index (χ4n) is 1.77. The van der Waals surface area contributed by atoms with Crippen molar-refractivity contribution >= 4 is 23.6 Å². The summed E-state index contributed by atoms with van der Waals surface area (Å²) in [6.07, 6.45) is 1.58. The number of rotatable bonds is 3. The lowest BCUT2D eigenvalue weighted by molar-refractivity contribution is -0.138. The number of nitrogens with zero attached hydrogens (tertiary/aromatic N) is 2. The predicted molar refractivity (Wildman–Crippen MR) is 68.9 cm³/mol. The van der Waals surface area contributed by atoms with Crippen LogP contribution in [0.4, 0.5) is 0 Å². The van der Waals surface area contributed by atoms with Crippen LogP contribution in [0.2, 0.25) is 0 Å². The zero-order chi connectivity index (χ0) is 13.3. The Morgan fingerprint density at radius 2 is 2.28 bits per heavy atom. The lowest BCUT2D eigenvalue weighted by Crippen LogP contribution is -2.39. The third-order valence-electron chi connectivity index (χ3n) is 2.84. The van der Waals surface area contributed by atoms with Crippen molar-refractivity contribution in [2.75, 3.05) is 20.6 Å². The zero-order valence-electron chi connectivity index (χ0n) is 10.6. The Kier molecular flexibility index (Phi) is 3.65. The Morgan fingerprint density at radius 3 is 2.83 bits per heavy atom. The molecule has 0 N–H and O–H groups in total. The van der Waals surface area contributed by atoms with Crippen LogP contribution in [0.3, 0.4) is 0 Å². The van der Waals surface area contributed by atoms with Crippen molar-refractivity contribution in [3.8, 4) is 0 Å². The van der Waals surface area contributed by atoms with E-state index in [1.54, 1.807) is 31.3 Å². The van der Waals surface area contributed by atoms with Gasteiger partial charge >= 0.3 is 0 Å². The summed E-state index contributed by atoms with van der Waals surface area (Å²) in [5.41, 5.74) is 0. The van der Waals surface area contributed by atoms with Crippen molar-refractivity contribution in [3.63, 3.8) is 0 Å². The fourth-order valence-corrected chi connectivity index (χ4v) is 3.01. The number of likely N-dealkylation sites (N-methyl/N-ethyl adjacent to an activating group) is 1. The van der Waals surface area contributed by atoms with Crippen LogP contribution >= 0.6 is 11.8 Å². The summed E-state index contributed by atoms with van der Waals surface area (Å²) >= 11 is 1.51. The number of carbonyl (C=O) groups is 2. The molecule has 1 aliphatic heterocycles. The summed E-state index contributed by atoms with van der Waals surface area (Å²) in [5, 5.41) is -0.346. The molecule has 1 aromatic heterocycles. The summed E-state index contributed by atoms with van der Waals surface area (Å²) in [6, 6.07) is 3.62. The number of thioether (sulfide) groups is 1. The van der Waals surface area contributed by atoms with Crippen molar-refractivity contribution in [2.45, 2.75) is 17.5 Å². The molecule has 1 fully saturated rings. The van der Waals surface area contributed by atoms with Gasteiger partial charge in [0.25, 0.3) is 0 Å². The minimum atomic E-state index is -0.202. The van der Waals surface area contributed by atoms with Crippen LogP contribution in [0.1, 0.15) is 18.1 Å². The number of amides is 2. The molecule has 1 aliphatic rings. The first-order chi connectivity index (χ1) is 8.50. The molecule has 1 saturated heterocycles. The highest BCUT2D eigenvalue weighted by Crippen LogP contribution is 2.42. The van der Waals surface area contributed by atoms with Crippen LogP contribution in [-0.2, 0) is 9.59 Å². The lowest BCUT2D eigenvalue weighted by atomic mass is 10.3. The van der Waals surface area contributed by atoms with E-state index in [0.717, 1.165) is 0 Å². The molecule has 0 aromatic carbocycles. The third-order valence-corrected chi connectivity index (χ3v) is 4.19. The SMILES string of the molecule is CC1SC(c2ccco2)N(CC(=O)N(C)C)C1=O. The second-order valence-electron chi connectivity index (χ2n) is 4.40. The normalized spacial score (nSPS) is 23.5. The van der Waals surface area contributed by atoms with E-state index in [0.29, 0.717) is 5.76 Å². The van der Waals surface area contributed by atoms with Gasteiger partial charge in [-0.1, -0.05) is 0 Å². The number of carbonyl (C=O) groups excluding carboxylic acids is 2. The molecule has 2 rings (SSSR count). The highest BCUT2D eigenvalue weighted by Gasteiger charge is 2.40. The van der Waals surface area contributed by atoms with Crippen molar-refractivity contribution in [2.24, 2.45) is 0 Å². The molecule has 2 unspecified atom stereocenters. The van der Waals surface area contributed by atoms with Gasteiger partial charge in [-0.05, 0) is 19.1 Å². The Balaban J connectivity index is 2.18. The molecular formula is C12H16N2O3S. The second kappa shape index (κ2) is 5.06. The Morgan fingerprint density at radius 1 is 1.56 bits per heavy atom. The van der Waals surface area contributed by atoms with Crippen LogP contribution < -0.4 is 0 Å². The fraction of sp³-hybridized carbons (Fsp3) is 0.500. The Hall–Kier alpha value is -1.43. The van der Waals surface area contributed by atoms with Gasteiger partial charge in [-0.3, -0.25) is 9.59 Å². The summed E-state index contributed by atoms with van der Waals surface area (Å²) in [6.45, 7) is 1.94. The molecular weight excluding hydrogens is 252 g/mol. The van der Waals surface area contributed by atoms with E-state index in [2.05, 4.69) is 0 Å². The highest BCUT2D eigenvalue weighted by molar-refractivity contribution is 8.01. The average molecular weight is 268 g/mol. The van der Waals surface area contributed by atoms with Gasteiger partial charge in [0.1, 0.15) is 17.7 Å². The molecule has 2 amide bonds. The van der Waals surface area contributed by atoms with Gasteiger partial charge in [0.2, 0.25) is 11.8 Å². The first-order valence-corrected chi connectivity index (χ1v) is 6.64. The quantitative estimate of drug-likeness (QED) is 0.830. The van der Waals surface area contributed by atoms with Gasteiger partial charge in [-0.2, -0.15) is 0 Å². The van der Waals surface area contributed by atoms with E-state index >= 15 is 0 Å². The lowest BCUT2D eigenvalue weighted by Gasteiger charge is -2.23. The van der Waals surface area contributed by atoms with Gasteiger partial charge in [0.15, 0.2) is 0 Å². The van der Waals surface area contributed by atoms with Gasteiger partial charge in [-0.15, -0.1) is 11.8 Å². The largest absolute Gasteiger partial charge is 0.466 e. The van der Waals surface area contributed by atoms with E-state index in [-0.39, 0.29) is 29.0 Å². The van der Waals surface area contributed by atoms with Crippen molar-refractivity contribution in [1.29, 1.82) is 0 Å². The van der Waals surface area contributed by atoms with Crippen molar-refractivity contribution < 1.29 is 14.0 Å². The van der Waals surface area contributed by atoms with E-state index in [4.69, 9.17) is 4.42 Å². The smallest absolute Gasteiger partial charge is 0.241 e. The first-order valence-electron chi connectivity index (χ1n) is 5.70. The molecule has 2 heterocycles. The van der Waals surface area contributed by atoms with Gasteiger partial charge in [0.05, 0.1) is 11.5 Å². The molecule has 0 aliphatic carbocycles. The minimum absolute atomic E-state index is 0.0170. The first kappa shape index (κ1) is 13.0. The second-order valence-corrected chi connectivity index (χ2v) is 5.83. The molecule has 18 heavy (non-hydrogen) atoms. The summed E-state index contributed by atoms with van der Waals surface area (Å²) in [4.78, 5) is 26.9. The van der Waals surface area contributed by atoms with E-state index in [1.807, 2.05) is 13.0 Å². The zero-order valence-corrected chi connectivity index (χ0v) is 11.4. The maximum atomic E-state index is 12.1. The summed E-state index contributed by atoms with van der Waals surface area (Å²) in [7, 11) is 3.36. The topological polar surface area (TPSA) is 53.8 Å². The van der Waals surface area contributed by atoms with E-state index in [9.17, 15) is 9.59 Å².